The molecule has 1 aliphatic heterocycles. The topological polar surface area (TPSA) is 54.6 Å². The zero-order chi connectivity index (χ0) is 16.4. The minimum absolute atomic E-state index is 0.0128. The minimum Gasteiger partial charge on any atom is -0.382 e. The summed E-state index contributed by atoms with van der Waals surface area (Å²) >= 11 is 12.3. The van der Waals surface area contributed by atoms with Crippen molar-refractivity contribution >= 4 is 40.0 Å². The van der Waals surface area contributed by atoms with E-state index >= 15 is 0 Å². The van der Waals surface area contributed by atoms with Crippen LogP contribution in [0, 0.1) is 0 Å². The molecular formula is C16H18Cl2N2O3. The Labute approximate surface area is 144 Å². The van der Waals surface area contributed by atoms with E-state index in [1.165, 1.54) is 0 Å². The molecule has 1 aromatic heterocycles. The lowest BCUT2D eigenvalue weighted by molar-refractivity contribution is -0.137. The first kappa shape index (κ1) is 16.6. The normalized spacial score (nSPS) is 14.3. The average molecular weight is 357 g/mol. The molecule has 0 fully saturated rings. The number of carbonyl (C=O) groups is 1. The molecule has 5 nitrogen and oxygen atoms in total. The van der Waals surface area contributed by atoms with Crippen LogP contribution in [0.15, 0.2) is 12.1 Å². The van der Waals surface area contributed by atoms with Crippen molar-refractivity contribution in [3.05, 3.63) is 33.4 Å². The van der Waals surface area contributed by atoms with Gasteiger partial charge in [0.05, 0.1) is 28.8 Å². The molecule has 1 amide bonds. The number of fused-ring (bicyclic) bond motifs is 3. The molecule has 1 aliphatic rings. The number of aromatic nitrogens is 1. The maximum atomic E-state index is 12.3. The first-order valence-electron chi connectivity index (χ1n) is 7.43. The molecule has 3 rings (SSSR count). The number of methoxy groups -OCH3 is 1. The number of rotatable bonds is 5. The Hall–Kier alpha value is -1.27. The standard InChI is InChI=1S/C16H18Cl2N2O3/c1-22-6-7-23-9-14(21)20-5-4-13-11(8-20)10-2-3-12(17)15(18)16(10)19-13/h2-3,19H,4-9H2,1H3. The van der Waals surface area contributed by atoms with E-state index in [1.54, 1.807) is 13.2 Å². The van der Waals surface area contributed by atoms with Crippen molar-refractivity contribution in [2.24, 2.45) is 0 Å². The van der Waals surface area contributed by atoms with E-state index < -0.39 is 0 Å². The molecule has 1 aromatic carbocycles. The number of hydrogen-bond donors (Lipinski definition) is 1. The monoisotopic (exact) mass is 356 g/mol. The summed E-state index contributed by atoms with van der Waals surface area (Å²) in [7, 11) is 1.60. The molecule has 124 valence electrons. The molecule has 7 heteroatoms. The zero-order valence-electron chi connectivity index (χ0n) is 12.8. The summed E-state index contributed by atoms with van der Waals surface area (Å²) in [6.07, 6.45) is 0.766. The molecule has 0 saturated heterocycles. The summed E-state index contributed by atoms with van der Waals surface area (Å²) in [4.78, 5) is 17.4. The molecule has 0 aliphatic carbocycles. The maximum Gasteiger partial charge on any atom is 0.248 e. The summed E-state index contributed by atoms with van der Waals surface area (Å²) in [5.41, 5.74) is 3.07. The third-order valence-corrected chi connectivity index (χ3v) is 4.86. The van der Waals surface area contributed by atoms with Gasteiger partial charge in [0.1, 0.15) is 6.61 Å². The van der Waals surface area contributed by atoms with E-state index in [0.29, 0.717) is 36.3 Å². The minimum atomic E-state index is -0.0128. The summed E-state index contributed by atoms with van der Waals surface area (Å²) in [5, 5.41) is 2.07. The van der Waals surface area contributed by atoms with Gasteiger partial charge in [0.25, 0.3) is 0 Å². The summed E-state index contributed by atoms with van der Waals surface area (Å²) in [6.45, 7) is 2.20. The third kappa shape index (κ3) is 3.33. The molecule has 0 bridgehead atoms. The van der Waals surface area contributed by atoms with E-state index in [4.69, 9.17) is 32.7 Å². The van der Waals surface area contributed by atoms with Crippen molar-refractivity contribution in [2.75, 3.05) is 33.5 Å². The Bertz CT molecular complexity index is 730. The number of benzene rings is 1. The lowest BCUT2D eigenvalue weighted by Gasteiger charge is -2.27. The average Bonchev–Trinajstić information content (AvgIpc) is 2.93. The molecule has 2 aromatic rings. The van der Waals surface area contributed by atoms with Gasteiger partial charge >= 0.3 is 0 Å². The third-order valence-electron chi connectivity index (χ3n) is 4.05. The van der Waals surface area contributed by atoms with Gasteiger partial charge in [0, 0.05) is 43.3 Å². The fraction of sp³-hybridized carbons (Fsp3) is 0.438. The van der Waals surface area contributed by atoms with Crippen LogP contribution < -0.4 is 0 Å². The zero-order valence-corrected chi connectivity index (χ0v) is 14.3. The highest BCUT2D eigenvalue weighted by Crippen LogP contribution is 2.35. The van der Waals surface area contributed by atoms with Crippen molar-refractivity contribution < 1.29 is 14.3 Å². The first-order chi connectivity index (χ1) is 11.1. The number of amides is 1. The Balaban J connectivity index is 1.75. The largest absolute Gasteiger partial charge is 0.382 e. The van der Waals surface area contributed by atoms with E-state index in [9.17, 15) is 4.79 Å². The number of H-pyrrole nitrogens is 1. The Kier molecular flexibility index (Phi) is 5.11. The highest BCUT2D eigenvalue weighted by molar-refractivity contribution is 6.45. The fourth-order valence-corrected chi connectivity index (χ4v) is 3.20. The lowest BCUT2D eigenvalue weighted by Crippen LogP contribution is -2.38. The van der Waals surface area contributed by atoms with Gasteiger partial charge in [-0.05, 0) is 6.07 Å². The molecule has 0 spiro atoms. The predicted molar refractivity (Wildman–Crippen MR) is 90.1 cm³/mol. The molecule has 23 heavy (non-hydrogen) atoms. The van der Waals surface area contributed by atoms with Crippen molar-refractivity contribution in [1.29, 1.82) is 0 Å². The molecule has 0 saturated carbocycles. The second kappa shape index (κ2) is 7.09. The second-order valence-corrected chi connectivity index (χ2v) is 6.26. The summed E-state index contributed by atoms with van der Waals surface area (Å²) in [6, 6.07) is 3.73. The number of nitrogens with one attached hydrogen (secondary N) is 1. The van der Waals surface area contributed by atoms with Crippen molar-refractivity contribution in [1.82, 2.24) is 9.88 Å². The Morgan fingerprint density at radius 3 is 2.96 bits per heavy atom. The summed E-state index contributed by atoms with van der Waals surface area (Å²) < 4.78 is 10.2. The van der Waals surface area contributed by atoms with Gasteiger partial charge in [-0.25, -0.2) is 0 Å². The molecule has 0 radical (unpaired) electrons. The highest BCUT2D eigenvalue weighted by atomic mass is 35.5. The molecule has 0 atom stereocenters. The molecule has 1 N–H and O–H groups in total. The van der Waals surface area contributed by atoms with Gasteiger partial charge < -0.3 is 19.4 Å². The number of halogens is 2. The Morgan fingerprint density at radius 1 is 1.35 bits per heavy atom. The van der Waals surface area contributed by atoms with Crippen molar-refractivity contribution in [3.8, 4) is 0 Å². The van der Waals surface area contributed by atoms with Crippen LogP contribution in [0.25, 0.3) is 10.9 Å². The fourth-order valence-electron chi connectivity index (χ4n) is 2.83. The van der Waals surface area contributed by atoms with Crippen LogP contribution in [0.1, 0.15) is 11.3 Å². The summed E-state index contributed by atoms with van der Waals surface area (Å²) in [5.74, 6) is -0.0128. The predicted octanol–water partition coefficient (Wildman–Crippen LogP) is 3.02. The maximum absolute atomic E-state index is 12.3. The van der Waals surface area contributed by atoms with Crippen LogP contribution in [-0.4, -0.2) is 49.3 Å². The number of aromatic amines is 1. The highest BCUT2D eigenvalue weighted by Gasteiger charge is 2.25. The van der Waals surface area contributed by atoms with Crippen LogP contribution >= 0.6 is 23.2 Å². The van der Waals surface area contributed by atoms with E-state index in [-0.39, 0.29) is 12.5 Å². The van der Waals surface area contributed by atoms with Crippen LogP contribution in [0.2, 0.25) is 10.0 Å². The number of nitrogens with zero attached hydrogens (tertiary/aromatic N) is 1. The SMILES string of the molecule is COCCOCC(=O)N1CCc2[nH]c3c(Cl)c(Cl)ccc3c2C1. The number of hydrogen-bond acceptors (Lipinski definition) is 3. The van der Waals surface area contributed by atoms with Gasteiger partial charge in [-0.3, -0.25) is 4.79 Å². The van der Waals surface area contributed by atoms with E-state index in [0.717, 1.165) is 28.6 Å². The quantitative estimate of drug-likeness (QED) is 0.837. The van der Waals surface area contributed by atoms with E-state index in [1.807, 2.05) is 11.0 Å². The van der Waals surface area contributed by atoms with Gasteiger partial charge in [0.2, 0.25) is 5.91 Å². The second-order valence-electron chi connectivity index (χ2n) is 5.48. The van der Waals surface area contributed by atoms with Crippen molar-refractivity contribution in [3.63, 3.8) is 0 Å². The lowest BCUT2D eigenvalue weighted by atomic mass is 10.0. The van der Waals surface area contributed by atoms with Crippen LogP contribution in [-0.2, 0) is 27.2 Å². The van der Waals surface area contributed by atoms with E-state index in [2.05, 4.69) is 4.98 Å². The van der Waals surface area contributed by atoms with Gasteiger partial charge in [0.15, 0.2) is 0 Å². The molecule has 2 heterocycles. The van der Waals surface area contributed by atoms with Crippen LogP contribution in [0.3, 0.4) is 0 Å². The van der Waals surface area contributed by atoms with Gasteiger partial charge in [-0.1, -0.05) is 29.3 Å². The number of ether oxygens (including phenoxy) is 2. The number of carbonyl (C=O) groups excluding carboxylic acids is 1. The van der Waals surface area contributed by atoms with Crippen LogP contribution in [0.4, 0.5) is 0 Å². The van der Waals surface area contributed by atoms with Crippen molar-refractivity contribution in [2.45, 2.75) is 13.0 Å². The smallest absolute Gasteiger partial charge is 0.248 e. The molecular weight excluding hydrogens is 339 g/mol. The van der Waals surface area contributed by atoms with Crippen LogP contribution in [0.5, 0.6) is 0 Å². The van der Waals surface area contributed by atoms with Gasteiger partial charge in [-0.2, -0.15) is 0 Å². The first-order valence-corrected chi connectivity index (χ1v) is 8.19. The Morgan fingerprint density at radius 2 is 2.17 bits per heavy atom. The molecule has 0 unspecified atom stereocenters. The van der Waals surface area contributed by atoms with Gasteiger partial charge in [-0.15, -0.1) is 0 Å².